The molecule has 2 aromatic carbocycles. The highest BCUT2D eigenvalue weighted by Crippen LogP contribution is 2.41. The zero-order valence-corrected chi connectivity index (χ0v) is 11.9. The van der Waals surface area contributed by atoms with E-state index < -0.39 is 11.8 Å². The van der Waals surface area contributed by atoms with Crippen LogP contribution in [0.25, 0.3) is 0 Å². The van der Waals surface area contributed by atoms with Crippen molar-refractivity contribution in [3.05, 3.63) is 71.8 Å². The van der Waals surface area contributed by atoms with Gasteiger partial charge in [-0.15, -0.1) is 0 Å². The summed E-state index contributed by atoms with van der Waals surface area (Å²) < 4.78 is 0. The number of carbonyl (C=O) groups is 2. The quantitative estimate of drug-likeness (QED) is 0.810. The molecule has 0 aliphatic carbocycles. The Balaban J connectivity index is 2.10. The van der Waals surface area contributed by atoms with Gasteiger partial charge in [0.25, 0.3) is 0 Å². The van der Waals surface area contributed by atoms with Crippen molar-refractivity contribution in [2.75, 3.05) is 6.54 Å². The van der Waals surface area contributed by atoms with E-state index in [1.807, 2.05) is 67.6 Å². The topological polar surface area (TPSA) is 37.4 Å². The molecule has 1 fully saturated rings. The standard InChI is InChI=1S/C18H17NO2/c1-2-19-17(20)15(13-9-5-3-6-10-13)16(18(19)21)14-11-7-4-8-12-14/h3-12,15-16H,2H2,1H3. The number of nitrogens with zero attached hydrogens (tertiary/aromatic N) is 1. The van der Waals surface area contributed by atoms with Gasteiger partial charge in [0.15, 0.2) is 0 Å². The van der Waals surface area contributed by atoms with Crippen molar-refractivity contribution >= 4 is 11.8 Å². The summed E-state index contributed by atoms with van der Waals surface area (Å²) in [6.45, 7) is 2.26. The molecule has 0 radical (unpaired) electrons. The molecule has 21 heavy (non-hydrogen) atoms. The van der Waals surface area contributed by atoms with Crippen LogP contribution in [0.3, 0.4) is 0 Å². The van der Waals surface area contributed by atoms with E-state index in [1.165, 1.54) is 4.90 Å². The van der Waals surface area contributed by atoms with Crippen LogP contribution in [0.5, 0.6) is 0 Å². The van der Waals surface area contributed by atoms with Gasteiger partial charge in [0, 0.05) is 6.54 Å². The molecule has 0 bridgehead atoms. The van der Waals surface area contributed by atoms with Crippen molar-refractivity contribution in [2.45, 2.75) is 18.8 Å². The molecule has 1 heterocycles. The van der Waals surface area contributed by atoms with E-state index in [-0.39, 0.29) is 11.8 Å². The Morgan fingerprint density at radius 2 is 1.14 bits per heavy atom. The van der Waals surface area contributed by atoms with Crippen molar-refractivity contribution in [3.8, 4) is 0 Å². The Hall–Kier alpha value is -2.42. The molecule has 3 nitrogen and oxygen atoms in total. The smallest absolute Gasteiger partial charge is 0.237 e. The molecule has 1 aliphatic heterocycles. The Labute approximate surface area is 124 Å². The molecule has 2 unspecified atom stereocenters. The third-order valence-electron chi connectivity index (χ3n) is 4.03. The van der Waals surface area contributed by atoms with Crippen LogP contribution in [0.4, 0.5) is 0 Å². The van der Waals surface area contributed by atoms with Crippen LogP contribution in [0, 0.1) is 0 Å². The molecule has 2 aromatic rings. The van der Waals surface area contributed by atoms with E-state index in [1.54, 1.807) is 0 Å². The molecule has 3 heteroatoms. The molecule has 1 saturated heterocycles. The first-order valence-corrected chi connectivity index (χ1v) is 7.19. The summed E-state index contributed by atoms with van der Waals surface area (Å²) >= 11 is 0. The number of likely N-dealkylation sites (tertiary alicyclic amines) is 1. The van der Waals surface area contributed by atoms with Crippen LogP contribution < -0.4 is 0 Å². The Morgan fingerprint density at radius 3 is 1.48 bits per heavy atom. The first-order valence-electron chi connectivity index (χ1n) is 7.19. The second kappa shape index (κ2) is 5.52. The summed E-state index contributed by atoms with van der Waals surface area (Å²) in [5.41, 5.74) is 1.81. The van der Waals surface area contributed by atoms with Gasteiger partial charge < -0.3 is 0 Å². The summed E-state index contributed by atoms with van der Waals surface area (Å²) in [5, 5.41) is 0. The van der Waals surface area contributed by atoms with Gasteiger partial charge in [-0.25, -0.2) is 0 Å². The van der Waals surface area contributed by atoms with Crippen molar-refractivity contribution in [1.29, 1.82) is 0 Å². The molecule has 0 saturated carbocycles. The molecule has 0 aromatic heterocycles. The van der Waals surface area contributed by atoms with Crippen molar-refractivity contribution < 1.29 is 9.59 Å². The van der Waals surface area contributed by atoms with Crippen molar-refractivity contribution in [3.63, 3.8) is 0 Å². The molecular weight excluding hydrogens is 262 g/mol. The molecular formula is C18H17NO2. The molecule has 0 N–H and O–H groups in total. The highest BCUT2D eigenvalue weighted by molar-refractivity contribution is 6.10. The van der Waals surface area contributed by atoms with Crippen LogP contribution in [0.15, 0.2) is 60.7 Å². The number of hydrogen-bond acceptors (Lipinski definition) is 2. The molecule has 2 atom stereocenters. The summed E-state index contributed by atoms with van der Waals surface area (Å²) in [5.74, 6) is -1.02. The summed E-state index contributed by atoms with van der Waals surface area (Å²) in [4.78, 5) is 26.6. The number of benzene rings is 2. The Bertz CT molecular complexity index is 594. The van der Waals surface area contributed by atoms with E-state index in [9.17, 15) is 9.59 Å². The minimum absolute atomic E-state index is 0.0949. The highest BCUT2D eigenvalue weighted by atomic mass is 16.2. The van der Waals surface area contributed by atoms with Crippen molar-refractivity contribution in [1.82, 2.24) is 4.90 Å². The number of amides is 2. The first kappa shape index (κ1) is 13.6. The lowest BCUT2D eigenvalue weighted by atomic mass is 9.83. The van der Waals surface area contributed by atoms with Gasteiger partial charge in [0.2, 0.25) is 11.8 Å². The Kier molecular flexibility index (Phi) is 3.57. The number of carbonyl (C=O) groups excluding carboxylic acids is 2. The predicted octanol–water partition coefficient (Wildman–Crippen LogP) is 2.94. The highest BCUT2D eigenvalue weighted by Gasteiger charge is 2.48. The minimum Gasteiger partial charge on any atom is -0.282 e. The number of hydrogen-bond donors (Lipinski definition) is 0. The SMILES string of the molecule is CCN1C(=O)C(c2ccccc2)C(c2ccccc2)C1=O. The lowest BCUT2D eigenvalue weighted by Crippen LogP contribution is -2.30. The zero-order valence-electron chi connectivity index (χ0n) is 11.9. The third-order valence-corrected chi connectivity index (χ3v) is 4.03. The molecule has 106 valence electrons. The Morgan fingerprint density at radius 1 is 0.762 bits per heavy atom. The van der Waals surface area contributed by atoms with Gasteiger partial charge in [0.05, 0.1) is 11.8 Å². The van der Waals surface area contributed by atoms with E-state index in [4.69, 9.17) is 0 Å². The number of imide groups is 1. The summed E-state index contributed by atoms with van der Waals surface area (Å²) in [6.07, 6.45) is 0. The van der Waals surface area contributed by atoms with Gasteiger partial charge >= 0.3 is 0 Å². The molecule has 0 spiro atoms. The van der Waals surface area contributed by atoms with E-state index in [2.05, 4.69) is 0 Å². The second-order valence-electron chi connectivity index (χ2n) is 5.20. The fourth-order valence-corrected chi connectivity index (χ4v) is 3.03. The van der Waals surface area contributed by atoms with E-state index in [0.29, 0.717) is 6.54 Å². The van der Waals surface area contributed by atoms with Gasteiger partial charge in [0.1, 0.15) is 0 Å². The minimum atomic E-state index is -0.416. The van der Waals surface area contributed by atoms with Crippen LogP contribution in [-0.4, -0.2) is 23.3 Å². The predicted molar refractivity (Wildman–Crippen MR) is 80.8 cm³/mol. The average molecular weight is 279 g/mol. The van der Waals surface area contributed by atoms with Crippen LogP contribution in [0.1, 0.15) is 29.9 Å². The fourth-order valence-electron chi connectivity index (χ4n) is 3.03. The number of likely N-dealkylation sites (N-methyl/N-ethyl adjacent to an activating group) is 1. The molecule has 2 amide bonds. The zero-order chi connectivity index (χ0) is 14.8. The van der Waals surface area contributed by atoms with Gasteiger partial charge in [-0.1, -0.05) is 60.7 Å². The molecule has 3 rings (SSSR count). The van der Waals surface area contributed by atoms with Crippen LogP contribution >= 0.6 is 0 Å². The van der Waals surface area contributed by atoms with Gasteiger partial charge in [-0.05, 0) is 18.1 Å². The first-order chi connectivity index (χ1) is 10.2. The summed E-state index contributed by atoms with van der Waals surface area (Å²) in [7, 11) is 0. The van der Waals surface area contributed by atoms with Crippen LogP contribution in [-0.2, 0) is 9.59 Å². The maximum Gasteiger partial charge on any atom is 0.237 e. The monoisotopic (exact) mass is 279 g/mol. The van der Waals surface area contributed by atoms with Gasteiger partial charge in [-0.2, -0.15) is 0 Å². The lowest BCUT2D eigenvalue weighted by molar-refractivity contribution is -0.138. The largest absolute Gasteiger partial charge is 0.282 e. The molecule has 1 aliphatic rings. The summed E-state index contributed by atoms with van der Waals surface area (Å²) in [6, 6.07) is 19.1. The van der Waals surface area contributed by atoms with Crippen molar-refractivity contribution in [2.24, 2.45) is 0 Å². The maximum atomic E-state index is 12.6. The normalized spacial score (nSPS) is 21.9. The fraction of sp³-hybridized carbons (Fsp3) is 0.222. The van der Waals surface area contributed by atoms with E-state index in [0.717, 1.165) is 11.1 Å². The average Bonchev–Trinajstić information content (AvgIpc) is 2.79. The lowest BCUT2D eigenvalue weighted by Gasteiger charge is -2.15. The van der Waals surface area contributed by atoms with E-state index >= 15 is 0 Å². The van der Waals surface area contributed by atoms with Crippen LogP contribution in [0.2, 0.25) is 0 Å². The number of rotatable bonds is 3. The van der Waals surface area contributed by atoms with Gasteiger partial charge in [-0.3, -0.25) is 14.5 Å². The third kappa shape index (κ3) is 2.25. The maximum absolute atomic E-state index is 12.6. The second-order valence-corrected chi connectivity index (χ2v) is 5.20.